The molecule has 26 heavy (non-hydrogen) atoms. The van der Waals surface area contributed by atoms with Crippen LogP contribution >= 0.6 is 0 Å². The summed E-state index contributed by atoms with van der Waals surface area (Å²) < 4.78 is 20.5. The second kappa shape index (κ2) is 7.18. The number of fused-ring (bicyclic) bond motifs is 1. The van der Waals surface area contributed by atoms with E-state index in [1.54, 1.807) is 18.2 Å². The van der Waals surface area contributed by atoms with E-state index >= 15 is 0 Å². The fraction of sp³-hybridized carbons (Fsp3) is 0.158. The van der Waals surface area contributed by atoms with E-state index in [0.717, 1.165) is 0 Å². The first kappa shape index (κ1) is 17.3. The highest BCUT2D eigenvalue weighted by Crippen LogP contribution is 2.26. The zero-order valence-electron chi connectivity index (χ0n) is 14.1. The Morgan fingerprint density at radius 1 is 1.04 bits per heavy atom. The van der Waals surface area contributed by atoms with Gasteiger partial charge in [0, 0.05) is 29.1 Å². The van der Waals surface area contributed by atoms with Crippen molar-refractivity contribution in [2.24, 2.45) is 0 Å². The Morgan fingerprint density at radius 3 is 2.42 bits per heavy atom. The summed E-state index contributed by atoms with van der Waals surface area (Å²) in [4.78, 5) is 24.0. The summed E-state index contributed by atoms with van der Waals surface area (Å²) in [5.41, 5.74) is 0.249. The lowest BCUT2D eigenvalue weighted by Gasteiger charge is -2.09. The minimum absolute atomic E-state index is 0.000240. The molecule has 0 atom stereocenters. The van der Waals surface area contributed by atoms with E-state index < -0.39 is 11.6 Å². The Kier molecular flexibility index (Phi) is 4.79. The van der Waals surface area contributed by atoms with Crippen molar-refractivity contribution in [1.82, 2.24) is 0 Å². The highest BCUT2D eigenvalue weighted by Gasteiger charge is 2.15. The van der Waals surface area contributed by atoms with E-state index in [4.69, 9.17) is 18.6 Å². The predicted octanol–water partition coefficient (Wildman–Crippen LogP) is 2.87. The second-order valence-corrected chi connectivity index (χ2v) is 5.41. The Bertz CT molecular complexity index is 1020. The smallest absolute Gasteiger partial charge is 0.342 e. The maximum atomic E-state index is 12.2. The highest BCUT2D eigenvalue weighted by molar-refractivity contribution is 5.92. The summed E-state index contributed by atoms with van der Waals surface area (Å²) in [6.45, 7) is -0.154. The van der Waals surface area contributed by atoms with Crippen LogP contribution in [0.15, 0.2) is 51.7 Å². The Labute approximate surface area is 148 Å². The van der Waals surface area contributed by atoms with Crippen LogP contribution in [0.1, 0.15) is 15.9 Å². The minimum Gasteiger partial charge on any atom is -0.507 e. The molecule has 0 bridgehead atoms. The molecule has 1 aromatic heterocycles. The molecule has 0 aliphatic carbocycles. The first-order chi connectivity index (χ1) is 12.5. The Hall–Kier alpha value is -3.48. The number of aromatic hydroxyl groups is 1. The van der Waals surface area contributed by atoms with Crippen LogP contribution in [0.4, 0.5) is 0 Å². The summed E-state index contributed by atoms with van der Waals surface area (Å²) in [5.74, 6) is -0.0193. The third-order valence-corrected chi connectivity index (χ3v) is 3.82. The third kappa shape index (κ3) is 3.46. The number of hydrogen-bond donors (Lipinski definition) is 1. The van der Waals surface area contributed by atoms with E-state index in [1.165, 1.54) is 38.5 Å². The molecule has 0 fully saturated rings. The first-order valence-corrected chi connectivity index (χ1v) is 7.66. The van der Waals surface area contributed by atoms with Gasteiger partial charge in [-0.3, -0.25) is 0 Å². The Balaban J connectivity index is 1.85. The van der Waals surface area contributed by atoms with E-state index in [1.807, 2.05) is 0 Å². The van der Waals surface area contributed by atoms with Gasteiger partial charge in [-0.1, -0.05) is 0 Å². The molecule has 0 unspecified atom stereocenters. The molecule has 0 spiro atoms. The fourth-order valence-corrected chi connectivity index (χ4v) is 2.49. The number of esters is 1. The predicted molar refractivity (Wildman–Crippen MR) is 92.8 cm³/mol. The molecule has 0 saturated heterocycles. The minimum atomic E-state index is -0.722. The van der Waals surface area contributed by atoms with Crippen LogP contribution in [0.3, 0.4) is 0 Å². The van der Waals surface area contributed by atoms with Gasteiger partial charge in [0.05, 0.1) is 14.2 Å². The van der Waals surface area contributed by atoms with Gasteiger partial charge in [-0.15, -0.1) is 0 Å². The summed E-state index contributed by atoms with van der Waals surface area (Å²) in [5, 5.41) is 10.5. The zero-order valence-corrected chi connectivity index (χ0v) is 14.1. The van der Waals surface area contributed by atoms with Gasteiger partial charge in [-0.05, 0) is 24.3 Å². The number of phenolic OH excluding ortho intramolecular Hbond substituents is 1. The lowest BCUT2D eigenvalue weighted by molar-refractivity contribution is 0.0470. The van der Waals surface area contributed by atoms with Crippen molar-refractivity contribution in [2.75, 3.05) is 14.2 Å². The van der Waals surface area contributed by atoms with Gasteiger partial charge in [0.25, 0.3) is 0 Å². The lowest BCUT2D eigenvalue weighted by atomic mass is 10.1. The number of ether oxygens (including phenoxy) is 3. The fourth-order valence-electron chi connectivity index (χ4n) is 2.49. The van der Waals surface area contributed by atoms with Crippen molar-refractivity contribution in [1.29, 1.82) is 0 Å². The monoisotopic (exact) mass is 356 g/mol. The topological polar surface area (TPSA) is 95.2 Å². The summed E-state index contributed by atoms with van der Waals surface area (Å²) in [6.07, 6.45) is 0. The van der Waals surface area contributed by atoms with Crippen LogP contribution < -0.4 is 15.1 Å². The van der Waals surface area contributed by atoms with Gasteiger partial charge in [-0.2, -0.15) is 0 Å². The van der Waals surface area contributed by atoms with E-state index in [9.17, 15) is 14.7 Å². The number of carbonyl (C=O) groups is 1. The highest BCUT2D eigenvalue weighted by atomic mass is 16.5. The van der Waals surface area contributed by atoms with Gasteiger partial charge in [0.1, 0.15) is 35.0 Å². The lowest BCUT2D eigenvalue weighted by Crippen LogP contribution is -2.08. The quantitative estimate of drug-likeness (QED) is 0.555. The number of phenols is 1. The van der Waals surface area contributed by atoms with Crippen molar-refractivity contribution in [3.63, 3.8) is 0 Å². The average Bonchev–Trinajstić information content (AvgIpc) is 2.64. The van der Waals surface area contributed by atoms with Crippen molar-refractivity contribution in [2.45, 2.75) is 6.61 Å². The number of methoxy groups -OCH3 is 2. The molecule has 0 radical (unpaired) electrons. The van der Waals surface area contributed by atoms with Gasteiger partial charge in [0.2, 0.25) is 0 Å². The number of hydrogen-bond acceptors (Lipinski definition) is 7. The third-order valence-electron chi connectivity index (χ3n) is 3.82. The molecule has 0 aliphatic heterocycles. The standard InChI is InChI=1S/C19H16O7/c1-23-12-4-6-15(16(20)8-12)19(22)25-10-11-7-18(21)26-17-9-13(24-2)3-5-14(11)17/h3-9,20H,10H2,1-2H3. The Morgan fingerprint density at radius 2 is 1.73 bits per heavy atom. The summed E-state index contributed by atoms with van der Waals surface area (Å²) in [7, 11) is 2.96. The largest absolute Gasteiger partial charge is 0.507 e. The van der Waals surface area contributed by atoms with Gasteiger partial charge in [0.15, 0.2) is 0 Å². The average molecular weight is 356 g/mol. The molecule has 0 aliphatic rings. The van der Waals surface area contributed by atoms with Crippen LogP contribution in [-0.4, -0.2) is 25.3 Å². The second-order valence-electron chi connectivity index (χ2n) is 5.41. The molecule has 7 heteroatoms. The molecule has 0 saturated carbocycles. The normalized spacial score (nSPS) is 10.5. The first-order valence-electron chi connectivity index (χ1n) is 7.66. The molecule has 134 valence electrons. The summed E-state index contributed by atoms with van der Waals surface area (Å²) in [6, 6.07) is 10.5. The number of benzene rings is 2. The number of rotatable bonds is 5. The van der Waals surface area contributed by atoms with Crippen LogP contribution in [0.2, 0.25) is 0 Å². The van der Waals surface area contributed by atoms with Gasteiger partial charge < -0.3 is 23.7 Å². The molecule has 2 aromatic carbocycles. The molecule has 7 nitrogen and oxygen atoms in total. The van der Waals surface area contributed by atoms with Crippen LogP contribution in [0, 0.1) is 0 Å². The molecular formula is C19H16O7. The van der Waals surface area contributed by atoms with Gasteiger partial charge in [-0.25, -0.2) is 9.59 Å². The van der Waals surface area contributed by atoms with Crippen LogP contribution in [-0.2, 0) is 11.3 Å². The van der Waals surface area contributed by atoms with Crippen LogP contribution in [0.25, 0.3) is 11.0 Å². The molecule has 3 rings (SSSR count). The zero-order chi connectivity index (χ0) is 18.7. The van der Waals surface area contributed by atoms with Crippen molar-refractivity contribution in [3.05, 3.63) is 64.0 Å². The summed E-state index contributed by atoms with van der Waals surface area (Å²) >= 11 is 0. The van der Waals surface area contributed by atoms with Crippen molar-refractivity contribution in [3.8, 4) is 17.2 Å². The van der Waals surface area contributed by atoms with E-state index in [0.29, 0.717) is 28.0 Å². The molecule has 3 aromatic rings. The maximum absolute atomic E-state index is 12.2. The van der Waals surface area contributed by atoms with Crippen LogP contribution in [0.5, 0.6) is 17.2 Å². The SMILES string of the molecule is COc1ccc(C(=O)OCc2cc(=O)oc3cc(OC)ccc23)c(O)c1. The van der Waals surface area contributed by atoms with Gasteiger partial charge >= 0.3 is 11.6 Å². The maximum Gasteiger partial charge on any atom is 0.342 e. The van der Waals surface area contributed by atoms with Crippen molar-refractivity contribution < 1.29 is 28.5 Å². The molecule has 1 N–H and O–H groups in total. The van der Waals surface area contributed by atoms with Crippen molar-refractivity contribution >= 4 is 16.9 Å². The molecule has 0 amide bonds. The number of carbonyl (C=O) groups excluding carboxylic acids is 1. The van der Waals surface area contributed by atoms with E-state index in [2.05, 4.69) is 0 Å². The molecule has 1 heterocycles. The van der Waals surface area contributed by atoms with E-state index in [-0.39, 0.29) is 17.9 Å². The molecular weight excluding hydrogens is 340 g/mol.